The van der Waals surface area contributed by atoms with Gasteiger partial charge in [-0.3, -0.25) is 4.79 Å². The Morgan fingerprint density at radius 3 is 1.92 bits per heavy atom. The summed E-state index contributed by atoms with van der Waals surface area (Å²) in [6.45, 7) is 4.46. The van der Waals surface area contributed by atoms with Gasteiger partial charge in [-0.1, -0.05) is 77.4 Å². The lowest BCUT2D eigenvalue weighted by Crippen LogP contribution is -2.32. The second-order valence-electron chi connectivity index (χ2n) is 7.41. The Morgan fingerprint density at radius 2 is 1.40 bits per heavy atom. The van der Waals surface area contributed by atoms with Gasteiger partial charge in [0.2, 0.25) is 5.91 Å². The third kappa shape index (κ3) is 14.1. The van der Waals surface area contributed by atoms with E-state index in [0.29, 0.717) is 0 Å². The molecule has 0 aliphatic heterocycles. The van der Waals surface area contributed by atoms with Gasteiger partial charge in [-0.25, -0.2) is 0 Å². The predicted octanol–water partition coefficient (Wildman–Crippen LogP) is 5.75. The topological polar surface area (TPSA) is 63.3 Å². The van der Waals surface area contributed by atoms with Gasteiger partial charge in [0.15, 0.2) is 0 Å². The van der Waals surface area contributed by atoms with Crippen LogP contribution in [0.4, 0.5) is 0 Å². The lowest BCUT2D eigenvalue weighted by molar-refractivity contribution is -0.124. The number of carbonyl (C=O) groups is 1. The largest absolute Gasteiger partial charge is 0.396 e. The lowest BCUT2D eigenvalue weighted by Gasteiger charge is -2.22. The van der Waals surface area contributed by atoms with E-state index in [0.717, 1.165) is 38.5 Å². The molecular formula is C22H43NO2. The molecule has 0 heterocycles. The third-order valence-electron chi connectivity index (χ3n) is 5.12. The van der Waals surface area contributed by atoms with Crippen LogP contribution in [0.5, 0.6) is 0 Å². The van der Waals surface area contributed by atoms with Crippen molar-refractivity contribution < 1.29 is 9.90 Å². The Hall–Kier alpha value is -0.830. The molecule has 0 rings (SSSR count). The van der Waals surface area contributed by atoms with Gasteiger partial charge < -0.3 is 10.8 Å². The van der Waals surface area contributed by atoms with Crippen LogP contribution in [0.2, 0.25) is 0 Å². The van der Waals surface area contributed by atoms with Gasteiger partial charge in [0.25, 0.3) is 0 Å². The highest BCUT2D eigenvalue weighted by atomic mass is 16.3. The number of allylic oxidation sites excluding steroid dienone is 2. The fourth-order valence-electron chi connectivity index (χ4n) is 3.40. The van der Waals surface area contributed by atoms with Crippen molar-refractivity contribution in [2.24, 2.45) is 17.6 Å². The zero-order valence-corrected chi connectivity index (χ0v) is 16.8. The van der Waals surface area contributed by atoms with Crippen LogP contribution in [-0.4, -0.2) is 17.6 Å². The Bertz CT molecular complexity index is 328. The van der Waals surface area contributed by atoms with E-state index in [1.807, 2.05) is 0 Å². The molecule has 0 aromatic rings. The monoisotopic (exact) mass is 353 g/mol. The van der Waals surface area contributed by atoms with E-state index in [-0.39, 0.29) is 24.3 Å². The second-order valence-corrected chi connectivity index (χ2v) is 7.41. The normalized spacial score (nSPS) is 14.0. The number of unbranched alkanes of at least 4 members (excludes halogenated alkanes) is 9. The van der Waals surface area contributed by atoms with Crippen molar-refractivity contribution >= 4 is 5.91 Å². The van der Waals surface area contributed by atoms with Gasteiger partial charge in [-0.15, -0.1) is 0 Å². The molecule has 0 aromatic carbocycles. The van der Waals surface area contributed by atoms with Crippen LogP contribution in [0.1, 0.15) is 104 Å². The van der Waals surface area contributed by atoms with Crippen LogP contribution in [0.25, 0.3) is 0 Å². The summed E-state index contributed by atoms with van der Waals surface area (Å²) >= 11 is 0. The fourth-order valence-corrected chi connectivity index (χ4v) is 3.40. The first kappa shape index (κ1) is 24.2. The Morgan fingerprint density at radius 1 is 0.840 bits per heavy atom. The number of aliphatic hydroxyl groups excluding tert-OH is 1. The molecule has 25 heavy (non-hydrogen) atoms. The lowest BCUT2D eigenvalue weighted by atomic mass is 9.84. The molecule has 0 spiro atoms. The van der Waals surface area contributed by atoms with Crippen LogP contribution in [0, 0.1) is 11.8 Å². The minimum Gasteiger partial charge on any atom is -0.396 e. The first-order valence-corrected chi connectivity index (χ1v) is 10.7. The predicted molar refractivity (Wildman–Crippen MR) is 108 cm³/mol. The molecular weight excluding hydrogens is 310 g/mol. The molecule has 0 aliphatic carbocycles. The zero-order valence-electron chi connectivity index (χ0n) is 16.8. The van der Waals surface area contributed by atoms with Crippen molar-refractivity contribution in [3.05, 3.63) is 12.2 Å². The van der Waals surface area contributed by atoms with E-state index in [1.165, 1.54) is 51.4 Å². The number of rotatable bonds is 18. The number of hydrogen-bond acceptors (Lipinski definition) is 2. The average molecular weight is 354 g/mol. The number of primary amides is 1. The first-order valence-electron chi connectivity index (χ1n) is 10.7. The summed E-state index contributed by atoms with van der Waals surface area (Å²) in [5.74, 6) is -0.339. The number of nitrogens with two attached hydrogens (primary N) is 1. The average Bonchev–Trinajstić information content (AvgIpc) is 2.60. The third-order valence-corrected chi connectivity index (χ3v) is 5.12. The van der Waals surface area contributed by atoms with E-state index in [9.17, 15) is 9.90 Å². The van der Waals surface area contributed by atoms with E-state index in [4.69, 9.17) is 5.73 Å². The van der Waals surface area contributed by atoms with Crippen LogP contribution in [-0.2, 0) is 4.79 Å². The molecule has 0 radical (unpaired) electrons. The summed E-state index contributed by atoms with van der Waals surface area (Å²) in [4.78, 5) is 11.7. The molecule has 3 N–H and O–H groups in total. The van der Waals surface area contributed by atoms with Crippen molar-refractivity contribution in [1.29, 1.82) is 0 Å². The first-order chi connectivity index (χ1) is 12.2. The molecule has 0 aromatic heterocycles. The Kier molecular flexibility index (Phi) is 17.4. The zero-order chi connectivity index (χ0) is 18.8. The summed E-state index contributed by atoms with van der Waals surface area (Å²) in [6.07, 6.45) is 20.9. The van der Waals surface area contributed by atoms with Gasteiger partial charge >= 0.3 is 0 Å². The Balaban J connectivity index is 3.75. The Labute approximate surface area is 156 Å². The highest BCUT2D eigenvalue weighted by Crippen LogP contribution is 2.24. The van der Waals surface area contributed by atoms with Gasteiger partial charge in [0.1, 0.15) is 0 Å². The maximum absolute atomic E-state index is 11.7. The van der Waals surface area contributed by atoms with Crippen molar-refractivity contribution in [3.8, 4) is 0 Å². The van der Waals surface area contributed by atoms with Gasteiger partial charge in [-0.05, 0) is 44.4 Å². The molecule has 2 atom stereocenters. The highest BCUT2D eigenvalue weighted by Gasteiger charge is 2.24. The standard InChI is InChI=1S/C22H43NO2/c1-3-5-7-8-9-10-11-12-13-14-15-16-18-21(22(23)25)20(19-24)17-6-4-2/h10-11,20-21,24H,3-9,12-19H2,1-2H3,(H2,23,25)/b11-10+. The number of hydrogen-bond donors (Lipinski definition) is 2. The maximum atomic E-state index is 11.7. The van der Waals surface area contributed by atoms with E-state index >= 15 is 0 Å². The molecule has 0 fully saturated rings. The molecule has 2 unspecified atom stereocenters. The van der Waals surface area contributed by atoms with Gasteiger partial charge in [-0.2, -0.15) is 0 Å². The fraction of sp³-hybridized carbons (Fsp3) is 0.864. The summed E-state index contributed by atoms with van der Waals surface area (Å²) < 4.78 is 0. The second kappa shape index (κ2) is 18.0. The SMILES string of the molecule is CCCCCC/C=C/CCCCCCC(C(N)=O)C(CO)CCCC. The van der Waals surface area contributed by atoms with Crippen LogP contribution >= 0.6 is 0 Å². The molecule has 148 valence electrons. The summed E-state index contributed by atoms with van der Waals surface area (Å²) in [6, 6.07) is 0. The molecule has 0 saturated heterocycles. The molecule has 0 aliphatic rings. The molecule has 0 saturated carbocycles. The van der Waals surface area contributed by atoms with Crippen LogP contribution in [0.3, 0.4) is 0 Å². The van der Waals surface area contributed by atoms with Gasteiger partial charge in [0.05, 0.1) is 0 Å². The number of carbonyl (C=O) groups excluding carboxylic acids is 1. The minimum absolute atomic E-state index is 0.0492. The van der Waals surface area contributed by atoms with Crippen molar-refractivity contribution in [1.82, 2.24) is 0 Å². The minimum atomic E-state index is -0.235. The van der Waals surface area contributed by atoms with Crippen molar-refractivity contribution in [2.75, 3.05) is 6.61 Å². The van der Waals surface area contributed by atoms with Crippen molar-refractivity contribution in [3.63, 3.8) is 0 Å². The number of aliphatic hydroxyl groups is 1. The summed E-state index contributed by atoms with van der Waals surface area (Å²) in [5.41, 5.74) is 5.56. The molecule has 1 amide bonds. The summed E-state index contributed by atoms with van der Waals surface area (Å²) in [5, 5.41) is 9.55. The number of amides is 1. The van der Waals surface area contributed by atoms with E-state index in [1.54, 1.807) is 0 Å². The molecule has 3 heteroatoms. The van der Waals surface area contributed by atoms with E-state index in [2.05, 4.69) is 26.0 Å². The van der Waals surface area contributed by atoms with Crippen molar-refractivity contribution in [2.45, 2.75) is 104 Å². The summed E-state index contributed by atoms with van der Waals surface area (Å²) in [7, 11) is 0. The molecule has 3 nitrogen and oxygen atoms in total. The van der Waals surface area contributed by atoms with Gasteiger partial charge in [0, 0.05) is 12.5 Å². The quantitative estimate of drug-likeness (QED) is 0.243. The van der Waals surface area contributed by atoms with Crippen LogP contribution in [0.15, 0.2) is 12.2 Å². The highest BCUT2D eigenvalue weighted by molar-refractivity contribution is 5.76. The van der Waals surface area contributed by atoms with E-state index < -0.39 is 0 Å². The van der Waals surface area contributed by atoms with Crippen LogP contribution < -0.4 is 5.73 Å². The smallest absolute Gasteiger partial charge is 0.220 e. The maximum Gasteiger partial charge on any atom is 0.220 e. The molecule has 0 bridgehead atoms.